The number of nitrogens with zero attached hydrogens (tertiary/aromatic N) is 3. The van der Waals surface area contributed by atoms with Crippen LogP contribution in [-0.2, 0) is 4.74 Å². The molecule has 1 saturated heterocycles. The number of aromatic nitrogens is 1. The molecule has 1 aromatic rings. The van der Waals surface area contributed by atoms with Gasteiger partial charge in [-0.15, -0.1) is 0 Å². The van der Waals surface area contributed by atoms with Crippen LogP contribution >= 0.6 is 11.6 Å². The number of hydrogen-bond donors (Lipinski definition) is 1. The average molecular weight is 343 g/mol. The fourth-order valence-corrected chi connectivity index (χ4v) is 2.64. The van der Waals surface area contributed by atoms with E-state index in [1.807, 2.05) is 4.90 Å². The van der Waals surface area contributed by atoms with E-state index < -0.39 is 16.6 Å². The molecule has 0 spiro atoms. The van der Waals surface area contributed by atoms with Gasteiger partial charge in [-0.1, -0.05) is 11.6 Å². The minimum atomic E-state index is -0.570. The number of ether oxygens (including phenoxy) is 1. The minimum absolute atomic E-state index is 0.142. The molecule has 8 nitrogen and oxygen atoms in total. The van der Waals surface area contributed by atoms with Crippen LogP contribution in [0.15, 0.2) is 12.3 Å². The van der Waals surface area contributed by atoms with E-state index in [4.69, 9.17) is 16.3 Å². The summed E-state index contributed by atoms with van der Waals surface area (Å²) in [7, 11) is 0. The third kappa shape index (κ3) is 4.44. The third-order valence-corrected chi connectivity index (χ3v) is 3.57. The lowest BCUT2D eigenvalue weighted by molar-refractivity contribution is -0.384. The summed E-state index contributed by atoms with van der Waals surface area (Å²) in [5, 5.41) is 13.8. The molecule has 1 amide bonds. The first kappa shape index (κ1) is 17.3. The van der Waals surface area contributed by atoms with Gasteiger partial charge in [0.05, 0.1) is 11.0 Å². The topological polar surface area (TPSA) is 97.6 Å². The summed E-state index contributed by atoms with van der Waals surface area (Å²) in [6.45, 7) is 6.38. The van der Waals surface area contributed by atoms with E-state index >= 15 is 0 Å². The van der Waals surface area contributed by atoms with E-state index in [9.17, 15) is 14.9 Å². The zero-order valence-electron chi connectivity index (χ0n) is 13.2. The lowest BCUT2D eigenvalue weighted by Gasteiger charge is -2.22. The number of pyridine rings is 1. The molecule has 1 aliphatic rings. The highest BCUT2D eigenvalue weighted by molar-refractivity contribution is 6.32. The van der Waals surface area contributed by atoms with Crippen LogP contribution in [0.25, 0.3) is 0 Å². The normalized spacial score (nSPS) is 17.9. The monoisotopic (exact) mass is 342 g/mol. The van der Waals surface area contributed by atoms with Gasteiger partial charge in [0, 0.05) is 19.3 Å². The summed E-state index contributed by atoms with van der Waals surface area (Å²) in [5.41, 5.74) is -0.379. The molecule has 1 aromatic heterocycles. The van der Waals surface area contributed by atoms with Crippen molar-refractivity contribution in [2.75, 3.05) is 18.0 Å². The molecular formula is C14H19ClN4O4. The number of carbonyl (C=O) groups excluding carboxylic acids is 1. The standard InChI is InChI=1S/C14H19ClN4O4/c1-14(2,3)23-13(20)17-9-5-7-18(8-9)10-4-6-16-12(15)11(10)19(21)22/h4,6,9H,5,7-8H2,1-3H3,(H,17,20). The summed E-state index contributed by atoms with van der Waals surface area (Å²) in [6, 6.07) is 1.41. The maximum absolute atomic E-state index is 11.8. The second-order valence-corrected chi connectivity index (χ2v) is 6.66. The van der Waals surface area contributed by atoms with Crippen LogP contribution in [0.2, 0.25) is 5.15 Å². The fourth-order valence-electron chi connectivity index (χ4n) is 2.41. The molecule has 0 aliphatic carbocycles. The van der Waals surface area contributed by atoms with Crippen molar-refractivity contribution in [2.45, 2.75) is 38.8 Å². The molecular weight excluding hydrogens is 324 g/mol. The van der Waals surface area contributed by atoms with Gasteiger partial charge < -0.3 is 15.0 Å². The number of nitro groups is 1. The third-order valence-electron chi connectivity index (χ3n) is 3.29. The molecule has 1 atom stereocenters. The number of amides is 1. The predicted octanol–water partition coefficient (Wildman–Crippen LogP) is 2.75. The summed E-state index contributed by atoms with van der Waals surface area (Å²) in [4.78, 5) is 28.0. The van der Waals surface area contributed by atoms with Crippen LogP contribution in [0, 0.1) is 10.1 Å². The summed E-state index contributed by atoms with van der Waals surface area (Å²) in [5.74, 6) is 0. The maximum Gasteiger partial charge on any atom is 0.407 e. The zero-order valence-corrected chi connectivity index (χ0v) is 14.0. The van der Waals surface area contributed by atoms with Crippen LogP contribution in [-0.4, -0.2) is 40.7 Å². The molecule has 0 saturated carbocycles. The maximum atomic E-state index is 11.8. The number of alkyl carbamates (subject to hydrolysis) is 1. The molecule has 0 bridgehead atoms. The molecule has 1 unspecified atom stereocenters. The van der Waals surface area contributed by atoms with E-state index in [-0.39, 0.29) is 16.9 Å². The zero-order chi connectivity index (χ0) is 17.2. The van der Waals surface area contributed by atoms with Gasteiger partial charge in [0.25, 0.3) is 0 Å². The number of halogens is 1. The largest absolute Gasteiger partial charge is 0.444 e. The predicted molar refractivity (Wildman–Crippen MR) is 85.9 cm³/mol. The molecule has 2 heterocycles. The van der Waals surface area contributed by atoms with Crippen molar-refractivity contribution in [2.24, 2.45) is 0 Å². The highest BCUT2D eigenvalue weighted by Crippen LogP contribution is 2.35. The summed E-state index contributed by atoms with van der Waals surface area (Å²) in [6.07, 6.45) is 1.60. The number of hydrogen-bond acceptors (Lipinski definition) is 6. The Morgan fingerprint density at radius 1 is 1.57 bits per heavy atom. The first-order chi connectivity index (χ1) is 10.7. The second-order valence-electron chi connectivity index (χ2n) is 6.30. The van der Waals surface area contributed by atoms with Crippen molar-refractivity contribution in [1.29, 1.82) is 0 Å². The molecule has 126 valence electrons. The van der Waals surface area contributed by atoms with Gasteiger partial charge in [-0.3, -0.25) is 10.1 Å². The number of carbonyl (C=O) groups is 1. The molecule has 1 aliphatic heterocycles. The lowest BCUT2D eigenvalue weighted by atomic mass is 10.2. The number of nitrogens with one attached hydrogen (secondary N) is 1. The summed E-state index contributed by atoms with van der Waals surface area (Å²) >= 11 is 5.83. The second kappa shape index (κ2) is 6.57. The molecule has 1 fully saturated rings. The molecule has 23 heavy (non-hydrogen) atoms. The van der Waals surface area contributed by atoms with E-state index in [1.54, 1.807) is 26.8 Å². The van der Waals surface area contributed by atoms with Crippen LogP contribution in [0.4, 0.5) is 16.2 Å². The fraction of sp³-hybridized carbons (Fsp3) is 0.571. The lowest BCUT2D eigenvalue weighted by Crippen LogP contribution is -2.40. The Morgan fingerprint density at radius 3 is 2.87 bits per heavy atom. The van der Waals surface area contributed by atoms with Crippen molar-refractivity contribution >= 4 is 29.1 Å². The number of anilines is 1. The quantitative estimate of drug-likeness (QED) is 0.515. The molecule has 0 aromatic carbocycles. The highest BCUT2D eigenvalue weighted by atomic mass is 35.5. The summed E-state index contributed by atoms with van der Waals surface area (Å²) < 4.78 is 5.21. The Morgan fingerprint density at radius 2 is 2.26 bits per heavy atom. The van der Waals surface area contributed by atoms with Gasteiger partial charge in [-0.25, -0.2) is 9.78 Å². The van der Waals surface area contributed by atoms with Gasteiger partial charge in [0.15, 0.2) is 0 Å². The van der Waals surface area contributed by atoms with Crippen molar-refractivity contribution in [3.8, 4) is 0 Å². The Labute approximate surface area is 138 Å². The Kier molecular flexibility index (Phi) is 4.93. The van der Waals surface area contributed by atoms with Crippen LogP contribution in [0.3, 0.4) is 0 Å². The van der Waals surface area contributed by atoms with Crippen molar-refractivity contribution < 1.29 is 14.5 Å². The van der Waals surface area contributed by atoms with E-state index in [1.165, 1.54) is 6.20 Å². The van der Waals surface area contributed by atoms with Crippen molar-refractivity contribution in [1.82, 2.24) is 10.3 Å². The van der Waals surface area contributed by atoms with Gasteiger partial charge in [0.2, 0.25) is 5.15 Å². The van der Waals surface area contributed by atoms with Crippen LogP contribution in [0.5, 0.6) is 0 Å². The Hall–Kier alpha value is -2.09. The van der Waals surface area contributed by atoms with Crippen LogP contribution < -0.4 is 10.2 Å². The average Bonchev–Trinajstić information content (AvgIpc) is 2.83. The smallest absolute Gasteiger partial charge is 0.407 e. The molecule has 2 rings (SSSR count). The number of rotatable bonds is 3. The van der Waals surface area contributed by atoms with Crippen molar-refractivity contribution in [3.05, 3.63) is 27.5 Å². The van der Waals surface area contributed by atoms with E-state index in [2.05, 4.69) is 10.3 Å². The van der Waals surface area contributed by atoms with Gasteiger partial charge >= 0.3 is 11.8 Å². The van der Waals surface area contributed by atoms with Gasteiger partial charge in [-0.05, 0) is 33.3 Å². The van der Waals surface area contributed by atoms with E-state index in [0.29, 0.717) is 25.2 Å². The minimum Gasteiger partial charge on any atom is -0.444 e. The SMILES string of the molecule is CC(C)(C)OC(=O)NC1CCN(c2ccnc(Cl)c2[N+](=O)[O-])C1. The van der Waals surface area contributed by atoms with Crippen molar-refractivity contribution in [3.63, 3.8) is 0 Å². The molecule has 9 heteroatoms. The molecule has 1 N–H and O–H groups in total. The highest BCUT2D eigenvalue weighted by Gasteiger charge is 2.31. The van der Waals surface area contributed by atoms with Gasteiger partial charge in [0.1, 0.15) is 11.3 Å². The Balaban J connectivity index is 2.05. The van der Waals surface area contributed by atoms with Crippen LogP contribution in [0.1, 0.15) is 27.2 Å². The van der Waals surface area contributed by atoms with Gasteiger partial charge in [-0.2, -0.15) is 0 Å². The first-order valence-electron chi connectivity index (χ1n) is 7.21. The first-order valence-corrected chi connectivity index (χ1v) is 7.58. The molecule has 0 radical (unpaired) electrons. The Bertz CT molecular complexity index is 617. The van der Waals surface area contributed by atoms with E-state index in [0.717, 1.165) is 0 Å².